The van der Waals surface area contributed by atoms with Gasteiger partial charge in [0.05, 0.1) is 10.6 Å². The van der Waals surface area contributed by atoms with E-state index in [0.717, 1.165) is 0 Å². The second-order valence-corrected chi connectivity index (χ2v) is 4.42. The zero-order valence-corrected chi connectivity index (χ0v) is 11.4. The number of nitriles is 1. The molecule has 1 rings (SSSR count). The lowest BCUT2D eigenvalue weighted by Crippen LogP contribution is -2.14. The van der Waals surface area contributed by atoms with E-state index in [1.807, 2.05) is 0 Å². The number of nitrogens with zero attached hydrogens (tertiary/aromatic N) is 3. The third-order valence-electron chi connectivity index (χ3n) is 2.03. The molecule has 0 aromatic heterocycles. The van der Waals surface area contributed by atoms with E-state index in [1.165, 1.54) is 30.0 Å². The van der Waals surface area contributed by atoms with E-state index in [4.69, 9.17) is 23.2 Å². The summed E-state index contributed by atoms with van der Waals surface area (Å²) in [6.07, 6.45) is 3.47. The van der Waals surface area contributed by atoms with Crippen molar-refractivity contribution in [3.63, 3.8) is 0 Å². The summed E-state index contributed by atoms with van der Waals surface area (Å²) in [6, 6.07) is 3.98. The first-order valence-electron chi connectivity index (χ1n) is 4.85. The Kier molecular flexibility index (Phi) is 5.23. The lowest BCUT2D eigenvalue weighted by atomic mass is 10.1. The fraction of sp³-hybridized carbons (Fsp3) is 0.100. The van der Waals surface area contributed by atoms with Gasteiger partial charge < -0.3 is 5.73 Å². The average Bonchev–Trinajstić information content (AvgIpc) is 2.37. The number of nitro benzene ring substituents is 1. The minimum absolute atomic E-state index is 0.000129. The van der Waals surface area contributed by atoms with Crippen LogP contribution < -0.4 is 11.1 Å². The lowest BCUT2D eigenvalue weighted by Gasteiger charge is -2.05. The van der Waals surface area contributed by atoms with Gasteiger partial charge >= 0.3 is 0 Å². The van der Waals surface area contributed by atoms with E-state index in [9.17, 15) is 10.1 Å². The third-order valence-corrected chi connectivity index (χ3v) is 2.83. The molecule has 98 valence electrons. The maximum absolute atomic E-state index is 10.7. The van der Waals surface area contributed by atoms with Crippen molar-refractivity contribution in [2.75, 3.05) is 6.26 Å². The third kappa shape index (κ3) is 3.90. The Bertz CT molecular complexity index is 594. The largest absolute Gasteiger partial charge is 0.389 e. The van der Waals surface area contributed by atoms with Crippen LogP contribution >= 0.6 is 24.0 Å². The van der Waals surface area contributed by atoms with Crippen LogP contribution in [0.1, 0.15) is 5.56 Å². The molecule has 7 nitrogen and oxygen atoms in total. The van der Waals surface area contributed by atoms with Crippen molar-refractivity contribution in [2.45, 2.75) is 0 Å². The predicted octanol–water partition coefficient (Wildman–Crippen LogP) is 1.65. The number of rotatable bonds is 3. The second kappa shape index (κ2) is 6.67. The molecular weight excluding hydrogens is 286 g/mol. The highest BCUT2D eigenvalue weighted by Gasteiger charge is 2.13. The van der Waals surface area contributed by atoms with Gasteiger partial charge in [-0.3, -0.25) is 15.4 Å². The highest BCUT2D eigenvalue weighted by Crippen LogP contribution is 2.25. The van der Waals surface area contributed by atoms with Gasteiger partial charge in [-0.1, -0.05) is 24.0 Å². The van der Waals surface area contributed by atoms with Crippen LogP contribution in [0.5, 0.6) is 0 Å². The topological polar surface area (TPSA) is 117 Å². The van der Waals surface area contributed by atoms with E-state index in [0.29, 0.717) is 10.9 Å². The van der Waals surface area contributed by atoms with Crippen molar-refractivity contribution in [3.8, 4) is 6.19 Å². The van der Waals surface area contributed by atoms with Gasteiger partial charge in [0.25, 0.3) is 5.69 Å². The summed E-state index contributed by atoms with van der Waals surface area (Å²) in [6.45, 7) is 0. The molecule has 0 radical (unpaired) electrons. The number of nitro groups is 1. The van der Waals surface area contributed by atoms with Gasteiger partial charge in [-0.15, -0.1) is 0 Å². The Labute approximate surface area is 118 Å². The Morgan fingerprint density at radius 3 is 2.84 bits per heavy atom. The SMILES string of the molecule is CSC(=Nc1ccc([N+](=O)[O-])cc1C(N)=S)NC#N. The molecule has 1 aromatic rings. The summed E-state index contributed by atoms with van der Waals surface area (Å²) in [5.41, 5.74) is 6.05. The van der Waals surface area contributed by atoms with E-state index in [2.05, 4.69) is 10.3 Å². The molecule has 0 aliphatic rings. The van der Waals surface area contributed by atoms with Crippen LogP contribution in [0.25, 0.3) is 0 Å². The minimum atomic E-state index is -0.543. The monoisotopic (exact) mass is 295 g/mol. The molecular formula is C10H9N5O2S2. The first kappa shape index (κ1) is 14.9. The summed E-state index contributed by atoms with van der Waals surface area (Å²) < 4.78 is 0. The maximum atomic E-state index is 10.7. The van der Waals surface area contributed by atoms with Gasteiger partial charge in [-0.25, -0.2) is 4.99 Å². The number of thioether (sulfide) groups is 1. The molecule has 0 heterocycles. The Morgan fingerprint density at radius 1 is 1.68 bits per heavy atom. The lowest BCUT2D eigenvalue weighted by molar-refractivity contribution is -0.384. The number of nitrogens with two attached hydrogens (primary N) is 1. The quantitative estimate of drug-likeness (QED) is 0.165. The van der Waals surface area contributed by atoms with Gasteiger partial charge in [-0.05, 0) is 12.3 Å². The normalized spacial score (nSPS) is 10.6. The highest BCUT2D eigenvalue weighted by molar-refractivity contribution is 8.13. The average molecular weight is 295 g/mol. The van der Waals surface area contributed by atoms with Crippen molar-refractivity contribution >= 4 is 45.5 Å². The zero-order chi connectivity index (χ0) is 14.4. The number of non-ortho nitro benzene ring substituents is 1. The molecule has 0 unspecified atom stereocenters. The summed E-state index contributed by atoms with van der Waals surface area (Å²) in [7, 11) is 0. The molecule has 19 heavy (non-hydrogen) atoms. The van der Waals surface area contributed by atoms with Crippen molar-refractivity contribution < 1.29 is 4.92 Å². The summed E-state index contributed by atoms with van der Waals surface area (Å²) in [4.78, 5) is 14.3. The summed E-state index contributed by atoms with van der Waals surface area (Å²) in [5, 5.41) is 22.0. The molecule has 0 bridgehead atoms. The van der Waals surface area contributed by atoms with Crippen molar-refractivity contribution in [1.82, 2.24) is 5.32 Å². The van der Waals surface area contributed by atoms with Crippen molar-refractivity contribution in [1.29, 1.82) is 5.26 Å². The molecule has 0 spiro atoms. The minimum Gasteiger partial charge on any atom is -0.389 e. The molecule has 0 aliphatic heterocycles. The molecule has 9 heteroatoms. The molecule has 0 amide bonds. The van der Waals surface area contributed by atoms with Crippen LogP contribution in [-0.4, -0.2) is 21.3 Å². The Hall–Kier alpha value is -2.18. The summed E-state index contributed by atoms with van der Waals surface area (Å²) in [5.74, 6) is 0. The second-order valence-electron chi connectivity index (χ2n) is 3.18. The van der Waals surface area contributed by atoms with Gasteiger partial charge in [0.2, 0.25) is 0 Å². The van der Waals surface area contributed by atoms with Crippen LogP contribution in [0.2, 0.25) is 0 Å². The summed E-state index contributed by atoms with van der Waals surface area (Å²) >= 11 is 6.06. The van der Waals surface area contributed by atoms with E-state index in [1.54, 1.807) is 12.4 Å². The van der Waals surface area contributed by atoms with Crippen LogP contribution in [0, 0.1) is 21.6 Å². The fourth-order valence-electron chi connectivity index (χ4n) is 1.21. The molecule has 1 aromatic carbocycles. The standard InChI is InChI=1S/C10H9N5O2S2/c1-19-10(13-5-11)14-8-3-2-6(15(16)17)4-7(8)9(12)18/h2-4H,1H3,(H2,12,18)(H,13,14). The molecule has 0 saturated carbocycles. The number of aliphatic imine (C=N–C) groups is 1. The highest BCUT2D eigenvalue weighted by atomic mass is 32.2. The molecule has 0 saturated heterocycles. The van der Waals surface area contributed by atoms with Gasteiger partial charge in [0.1, 0.15) is 4.99 Å². The fourth-order valence-corrected chi connectivity index (χ4v) is 1.72. The number of nitrogens with one attached hydrogen (secondary N) is 1. The smallest absolute Gasteiger partial charge is 0.270 e. The first-order valence-corrected chi connectivity index (χ1v) is 6.49. The number of benzene rings is 1. The zero-order valence-electron chi connectivity index (χ0n) is 9.78. The maximum Gasteiger partial charge on any atom is 0.270 e. The first-order chi connectivity index (χ1) is 8.99. The van der Waals surface area contributed by atoms with E-state index in [-0.39, 0.29) is 16.2 Å². The van der Waals surface area contributed by atoms with Gasteiger partial charge in [0.15, 0.2) is 11.4 Å². The van der Waals surface area contributed by atoms with Crippen LogP contribution in [-0.2, 0) is 0 Å². The Balaban J connectivity index is 3.32. The number of amidine groups is 1. The van der Waals surface area contributed by atoms with Gasteiger partial charge in [-0.2, -0.15) is 5.26 Å². The molecule has 3 N–H and O–H groups in total. The van der Waals surface area contributed by atoms with Crippen LogP contribution in [0.15, 0.2) is 23.2 Å². The van der Waals surface area contributed by atoms with Crippen molar-refractivity contribution in [2.24, 2.45) is 10.7 Å². The van der Waals surface area contributed by atoms with Gasteiger partial charge in [0, 0.05) is 17.7 Å². The number of thiocarbonyl (C=S) groups is 1. The number of hydrogen-bond acceptors (Lipinski definition) is 6. The number of hydrogen-bond donors (Lipinski definition) is 2. The van der Waals surface area contributed by atoms with Crippen LogP contribution in [0.3, 0.4) is 0 Å². The van der Waals surface area contributed by atoms with E-state index < -0.39 is 4.92 Å². The Morgan fingerprint density at radius 2 is 2.37 bits per heavy atom. The molecule has 0 fully saturated rings. The van der Waals surface area contributed by atoms with Crippen molar-refractivity contribution in [3.05, 3.63) is 33.9 Å². The molecule has 0 aliphatic carbocycles. The van der Waals surface area contributed by atoms with E-state index >= 15 is 0 Å². The van der Waals surface area contributed by atoms with Crippen LogP contribution in [0.4, 0.5) is 11.4 Å². The predicted molar refractivity (Wildman–Crippen MR) is 78.3 cm³/mol. The molecule has 0 atom stereocenters.